The number of nitrogens with zero attached hydrogens (tertiary/aromatic N) is 8. The van der Waals surface area contributed by atoms with Crippen molar-refractivity contribution >= 4 is 22.3 Å². The van der Waals surface area contributed by atoms with E-state index in [-0.39, 0.29) is 0 Å². The summed E-state index contributed by atoms with van der Waals surface area (Å²) in [5, 5.41) is 0. The summed E-state index contributed by atoms with van der Waals surface area (Å²) in [4.78, 5) is 27.4. The molecule has 0 fully saturated rings. The van der Waals surface area contributed by atoms with E-state index < -0.39 is 5.41 Å². The highest BCUT2D eigenvalue weighted by molar-refractivity contribution is 5.73. The minimum absolute atomic E-state index is 0.435. The zero-order valence-electron chi connectivity index (χ0n) is 18.2. The van der Waals surface area contributed by atoms with Gasteiger partial charge >= 0.3 is 0 Å². The molecule has 0 saturated carbocycles. The molecule has 0 aromatic carbocycles. The van der Waals surface area contributed by atoms with Crippen molar-refractivity contribution in [3.8, 4) is 11.6 Å². The molecule has 6 rings (SSSR count). The highest BCUT2D eigenvalue weighted by Gasteiger charge is 2.27. The molecule has 8 heteroatoms. The van der Waals surface area contributed by atoms with Crippen LogP contribution in [0.2, 0.25) is 0 Å². The van der Waals surface area contributed by atoms with Crippen molar-refractivity contribution < 1.29 is 0 Å². The van der Waals surface area contributed by atoms with Crippen molar-refractivity contribution in [3.05, 3.63) is 97.1 Å². The Hall–Kier alpha value is -4.46. The molecule has 0 amide bonds. The van der Waals surface area contributed by atoms with Crippen LogP contribution in [0.4, 0.5) is 0 Å². The van der Waals surface area contributed by atoms with Gasteiger partial charge in [0.2, 0.25) is 0 Å². The van der Waals surface area contributed by atoms with E-state index >= 15 is 0 Å². The molecule has 8 nitrogen and oxygen atoms in total. The molecule has 0 aliphatic carbocycles. The third kappa shape index (κ3) is 3.15. The van der Waals surface area contributed by atoms with Crippen LogP contribution in [-0.2, 0) is 5.41 Å². The maximum absolute atomic E-state index is 4.98. The van der Waals surface area contributed by atoms with Crippen molar-refractivity contribution in [2.24, 2.45) is 0 Å². The first-order valence-electron chi connectivity index (χ1n) is 10.6. The van der Waals surface area contributed by atoms with E-state index in [1.165, 1.54) is 0 Å². The van der Waals surface area contributed by atoms with Crippen molar-refractivity contribution in [1.82, 2.24) is 39.0 Å². The fourth-order valence-corrected chi connectivity index (χ4v) is 4.01. The van der Waals surface area contributed by atoms with Gasteiger partial charge in [-0.1, -0.05) is 12.1 Å². The summed E-state index contributed by atoms with van der Waals surface area (Å²) in [7, 11) is 0. The molecule has 0 spiro atoms. The molecule has 160 valence electrons. The van der Waals surface area contributed by atoms with Crippen LogP contribution in [0.1, 0.15) is 25.2 Å². The second-order valence-corrected chi connectivity index (χ2v) is 8.31. The van der Waals surface area contributed by atoms with Crippen LogP contribution in [0, 0.1) is 0 Å². The second-order valence-electron chi connectivity index (χ2n) is 8.31. The lowest BCUT2D eigenvalue weighted by Crippen LogP contribution is -2.23. The number of hydrogen-bond acceptors (Lipinski definition) is 6. The Morgan fingerprint density at radius 3 is 1.55 bits per heavy atom. The maximum atomic E-state index is 4.98. The molecule has 0 radical (unpaired) electrons. The largest absolute Gasteiger partial charge is 0.281 e. The predicted octanol–water partition coefficient (Wildman–Crippen LogP) is 4.27. The molecule has 0 aliphatic rings. The summed E-state index contributed by atoms with van der Waals surface area (Å²) < 4.78 is 3.91. The fraction of sp³-hybridized carbons (Fsp3) is 0.120. The van der Waals surface area contributed by atoms with Gasteiger partial charge in [0.1, 0.15) is 24.3 Å². The number of pyridine rings is 4. The van der Waals surface area contributed by atoms with Gasteiger partial charge < -0.3 is 0 Å². The number of hydrogen-bond donors (Lipinski definition) is 0. The van der Waals surface area contributed by atoms with Gasteiger partial charge in [-0.15, -0.1) is 0 Å². The summed E-state index contributed by atoms with van der Waals surface area (Å²) in [6.45, 7) is 4.26. The third-order valence-electron chi connectivity index (χ3n) is 5.89. The molecular weight excluding hydrogens is 412 g/mol. The molecule has 0 saturated heterocycles. The monoisotopic (exact) mass is 432 g/mol. The number of imidazole rings is 2. The molecule has 0 atom stereocenters. The van der Waals surface area contributed by atoms with Crippen LogP contribution in [-0.4, -0.2) is 39.0 Å². The normalized spacial score (nSPS) is 11.9. The fourth-order valence-electron chi connectivity index (χ4n) is 4.01. The number of fused-ring (bicyclic) bond motifs is 2. The van der Waals surface area contributed by atoms with Crippen LogP contribution in [0.15, 0.2) is 85.7 Å². The van der Waals surface area contributed by atoms with Crippen molar-refractivity contribution in [2.75, 3.05) is 0 Å². The van der Waals surface area contributed by atoms with E-state index in [9.17, 15) is 0 Å². The maximum Gasteiger partial charge on any atom is 0.177 e. The lowest BCUT2D eigenvalue weighted by molar-refractivity contribution is 0.592. The first-order chi connectivity index (χ1) is 16.1. The lowest BCUT2D eigenvalue weighted by Gasteiger charge is -2.24. The van der Waals surface area contributed by atoms with Crippen LogP contribution in [0.25, 0.3) is 34.0 Å². The van der Waals surface area contributed by atoms with Gasteiger partial charge in [0.25, 0.3) is 0 Å². The average molecular weight is 432 g/mol. The molecule has 33 heavy (non-hydrogen) atoms. The van der Waals surface area contributed by atoms with Gasteiger partial charge in [-0.25, -0.2) is 29.9 Å². The smallest absolute Gasteiger partial charge is 0.177 e. The molecule has 0 N–H and O–H groups in total. The van der Waals surface area contributed by atoms with E-state index in [2.05, 4.69) is 33.8 Å². The Bertz CT molecular complexity index is 1490. The average Bonchev–Trinajstić information content (AvgIpc) is 3.49. The second kappa shape index (κ2) is 7.30. The van der Waals surface area contributed by atoms with Crippen molar-refractivity contribution in [1.29, 1.82) is 0 Å². The molecule has 0 aliphatic heterocycles. The van der Waals surface area contributed by atoms with Crippen LogP contribution in [0.3, 0.4) is 0 Å². The van der Waals surface area contributed by atoms with Gasteiger partial charge in [-0.2, -0.15) is 0 Å². The molecule has 0 unspecified atom stereocenters. The Balaban J connectivity index is 1.42. The Labute approximate surface area is 189 Å². The van der Waals surface area contributed by atoms with E-state index in [1.807, 2.05) is 69.8 Å². The molecular formula is C25H20N8. The predicted molar refractivity (Wildman–Crippen MR) is 125 cm³/mol. The Morgan fingerprint density at radius 2 is 1.06 bits per heavy atom. The van der Waals surface area contributed by atoms with E-state index in [1.54, 1.807) is 25.0 Å². The highest BCUT2D eigenvalue weighted by atomic mass is 15.1. The summed E-state index contributed by atoms with van der Waals surface area (Å²) in [5.74, 6) is 1.58. The van der Waals surface area contributed by atoms with Gasteiger partial charge in [-0.05, 0) is 62.4 Å². The molecule has 6 aromatic rings. The van der Waals surface area contributed by atoms with Crippen LogP contribution >= 0.6 is 0 Å². The first-order valence-corrected chi connectivity index (χ1v) is 10.6. The third-order valence-corrected chi connectivity index (χ3v) is 5.89. The minimum Gasteiger partial charge on any atom is -0.281 e. The molecule has 6 heterocycles. The first kappa shape index (κ1) is 19.2. The summed E-state index contributed by atoms with van der Waals surface area (Å²) in [6, 6.07) is 19.8. The van der Waals surface area contributed by atoms with Gasteiger partial charge in [0.05, 0.1) is 22.4 Å². The van der Waals surface area contributed by atoms with Gasteiger partial charge in [0.15, 0.2) is 11.3 Å². The zero-order chi connectivity index (χ0) is 22.4. The minimum atomic E-state index is -0.435. The quantitative estimate of drug-likeness (QED) is 0.413. The summed E-state index contributed by atoms with van der Waals surface area (Å²) in [5.41, 5.74) is 4.61. The van der Waals surface area contributed by atoms with E-state index in [0.717, 1.165) is 34.1 Å². The summed E-state index contributed by atoms with van der Waals surface area (Å²) >= 11 is 0. The Morgan fingerprint density at radius 1 is 0.576 bits per heavy atom. The van der Waals surface area contributed by atoms with Gasteiger partial charge in [0, 0.05) is 17.8 Å². The highest BCUT2D eigenvalue weighted by Crippen LogP contribution is 2.30. The van der Waals surface area contributed by atoms with E-state index in [4.69, 9.17) is 9.97 Å². The number of aromatic nitrogens is 8. The standard InChI is InChI=1S/C25H20N8/c1-25(2,19-9-3-11-21(30-19)32-15-28-23-17(32)7-5-13-26-23)20-10-4-12-22(31-20)33-16-29-24-18(33)8-6-14-27-24/h3-16H,1-2H3. The molecule has 6 aromatic heterocycles. The van der Waals surface area contributed by atoms with Gasteiger partial charge in [-0.3, -0.25) is 9.13 Å². The Kier molecular flexibility index (Phi) is 4.26. The summed E-state index contributed by atoms with van der Waals surface area (Å²) in [6.07, 6.45) is 7.00. The van der Waals surface area contributed by atoms with Crippen LogP contribution in [0.5, 0.6) is 0 Å². The lowest BCUT2D eigenvalue weighted by atomic mass is 9.84. The topological polar surface area (TPSA) is 87.2 Å². The van der Waals surface area contributed by atoms with Crippen molar-refractivity contribution in [3.63, 3.8) is 0 Å². The van der Waals surface area contributed by atoms with Crippen molar-refractivity contribution in [2.45, 2.75) is 19.3 Å². The number of rotatable bonds is 4. The molecule has 0 bridgehead atoms. The zero-order valence-corrected chi connectivity index (χ0v) is 18.2. The van der Waals surface area contributed by atoms with Crippen LogP contribution < -0.4 is 0 Å². The SMILES string of the molecule is CC(C)(c1cccc(-n2cnc3ncccc32)n1)c1cccc(-n2cnc3ncccc32)n1. The van der Waals surface area contributed by atoms with E-state index in [0.29, 0.717) is 11.3 Å².